The number of aromatic nitrogens is 2. The van der Waals surface area contributed by atoms with Gasteiger partial charge >= 0.3 is 0 Å². The van der Waals surface area contributed by atoms with Crippen LogP contribution in [0.2, 0.25) is 0 Å². The Hall–Kier alpha value is -2.66. The summed E-state index contributed by atoms with van der Waals surface area (Å²) in [6.07, 6.45) is 9.26. The van der Waals surface area contributed by atoms with E-state index < -0.39 is 0 Å². The van der Waals surface area contributed by atoms with Gasteiger partial charge in [-0.05, 0) is 67.3 Å². The number of hydrogen-bond donors (Lipinski definition) is 2. The van der Waals surface area contributed by atoms with E-state index in [4.69, 9.17) is 0 Å². The number of hydrogen-bond acceptors (Lipinski definition) is 3. The third kappa shape index (κ3) is 4.11. The van der Waals surface area contributed by atoms with E-state index in [0.717, 1.165) is 37.9 Å². The van der Waals surface area contributed by atoms with Gasteiger partial charge in [0.05, 0.1) is 18.3 Å². The zero-order valence-electron chi connectivity index (χ0n) is 18.5. The van der Waals surface area contributed by atoms with E-state index in [-0.39, 0.29) is 18.0 Å². The third-order valence-corrected chi connectivity index (χ3v) is 6.75. The summed E-state index contributed by atoms with van der Waals surface area (Å²) in [7, 11) is 0. The smallest absolute Gasteiger partial charge is 0.237 e. The fourth-order valence-electron chi connectivity index (χ4n) is 5.01. The van der Waals surface area contributed by atoms with Gasteiger partial charge in [-0.15, -0.1) is 0 Å². The molecule has 1 aliphatic carbocycles. The van der Waals surface area contributed by atoms with Crippen LogP contribution in [0.5, 0.6) is 0 Å². The number of amides is 1. The number of benzene rings is 1. The molecular formula is C26H32N4O. The number of rotatable bonds is 6. The molecule has 0 saturated heterocycles. The van der Waals surface area contributed by atoms with Gasteiger partial charge in [0.2, 0.25) is 5.91 Å². The van der Waals surface area contributed by atoms with Crippen molar-refractivity contribution in [3.63, 3.8) is 0 Å². The van der Waals surface area contributed by atoms with Crippen molar-refractivity contribution in [2.24, 2.45) is 5.92 Å². The molecule has 1 fully saturated rings. The highest BCUT2D eigenvalue weighted by molar-refractivity contribution is 5.90. The van der Waals surface area contributed by atoms with Crippen LogP contribution in [-0.2, 0) is 17.8 Å². The highest BCUT2D eigenvalue weighted by atomic mass is 16.2. The topological polar surface area (TPSA) is 59.0 Å². The van der Waals surface area contributed by atoms with Crippen molar-refractivity contribution in [1.82, 2.24) is 20.2 Å². The van der Waals surface area contributed by atoms with Gasteiger partial charge in [0.25, 0.3) is 0 Å². The van der Waals surface area contributed by atoms with Gasteiger partial charge in [0, 0.05) is 35.4 Å². The Balaban J connectivity index is 1.53. The summed E-state index contributed by atoms with van der Waals surface area (Å²) >= 11 is 0. The maximum atomic E-state index is 13.2. The first-order valence-electron chi connectivity index (χ1n) is 11.7. The summed E-state index contributed by atoms with van der Waals surface area (Å²) in [6.45, 7) is 5.24. The molecule has 2 aliphatic rings. The minimum Gasteiger partial charge on any atom is -0.352 e. The van der Waals surface area contributed by atoms with E-state index in [1.807, 2.05) is 18.3 Å². The molecule has 3 heterocycles. The highest BCUT2D eigenvalue weighted by Gasteiger charge is 2.32. The lowest BCUT2D eigenvalue weighted by molar-refractivity contribution is -0.124. The Labute approximate surface area is 184 Å². The summed E-state index contributed by atoms with van der Waals surface area (Å²) in [4.78, 5) is 17.7. The Kier molecular flexibility index (Phi) is 5.53. The van der Waals surface area contributed by atoms with Crippen molar-refractivity contribution in [3.8, 4) is 0 Å². The zero-order chi connectivity index (χ0) is 21.4. The summed E-state index contributed by atoms with van der Waals surface area (Å²) in [6, 6.07) is 13.0. The molecule has 0 radical (unpaired) electrons. The van der Waals surface area contributed by atoms with Crippen molar-refractivity contribution < 1.29 is 4.79 Å². The van der Waals surface area contributed by atoms with Gasteiger partial charge in [-0.2, -0.15) is 0 Å². The van der Waals surface area contributed by atoms with Crippen LogP contribution in [0.4, 0.5) is 0 Å². The third-order valence-electron chi connectivity index (χ3n) is 6.75. The van der Waals surface area contributed by atoms with Gasteiger partial charge in [0.1, 0.15) is 0 Å². The molecule has 5 heteroatoms. The summed E-state index contributed by atoms with van der Waals surface area (Å²) in [5.74, 6) is 0.692. The summed E-state index contributed by atoms with van der Waals surface area (Å²) < 4.78 is 2.30. The van der Waals surface area contributed by atoms with Crippen LogP contribution in [0.25, 0.3) is 10.9 Å². The van der Waals surface area contributed by atoms with Crippen molar-refractivity contribution >= 4 is 16.8 Å². The number of carbonyl (C=O) groups excluding carboxylic acids is 1. The second-order valence-electron chi connectivity index (χ2n) is 9.59. The summed E-state index contributed by atoms with van der Waals surface area (Å²) in [5, 5.41) is 8.32. The molecule has 5 nitrogen and oxygen atoms in total. The first-order valence-corrected chi connectivity index (χ1v) is 11.7. The van der Waals surface area contributed by atoms with Crippen molar-refractivity contribution in [3.05, 3.63) is 65.6 Å². The van der Waals surface area contributed by atoms with Crippen LogP contribution >= 0.6 is 0 Å². The molecule has 31 heavy (non-hydrogen) atoms. The van der Waals surface area contributed by atoms with Gasteiger partial charge in [-0.3, -0.25) is 15.1 Å². The van der Waals surface area contributed by atoms with Crippen LogP contribution in [0.1, 0.15) is 62.4 Å². The average molecular weight is 417 g/mol. The first kappa shape index (κ1) is 20.3. The van der Waals surface area contributed by atoms with Crippen LogP contribution < -0.4 is 10.6 Å². The molecule has 3 aromatic rings. The quantitative estimate of drug-likeness (QED) is 0.628. The monoisotopic (exact) mass is 416 g/mol. The van der Waals surface area contributed by atoms with Crippen LogP contribution in [0.15, 0.2) is 48.8 Å². The maximum Gasteiger partial charge on any atom is 0.237 e. The minimum atomic E-state index is -0.203. The fraction of sp³-hybridized carbons (Fsp3) is 0.462. The second-order valence-corrected chi connectivity index (χ2v) is 9.59. The number of pyridine rings is 1. The molecule has 2 unspecified atom stereocenters. The van der Waals surface area contributed by atoms with Crippen LogP contribution in [0.3, 0.4) is 0 Å². The van der Waals surface area contributed by atoms with E-state index in [1.54, 1.807) is 0 Å². The largest absolute Gasteiger partial charge is 0.352 e. The van der Waals surface area contributed by atoms with Gasteiger partial charge in [0.15, 0.2) is 0 Å². The lowest BCUT2D eigenvalue weighted by Gasteiger charge is -2.30. The Bertz CT molecular complexity index is 1070. The van der Waals surface area contributed by atoms with Crippen molar-refractivity contribution in [2.45, 2.75) is 70.6 Å². The highest BCUT2D eigenvalue weighted by Crippen LogP contribution is 2.36. The predicted molar refractivity (Wildman–Crippen MR) is 124 cm³/mol. The molecular weight excluding hydrogens is 384 g/mol. The number of nitrogens with zero attached hydrogens (tertiary/aromatic N) is 2. The van der Waals surface area contributed by atoms with Crippen molar-refractivity contribution in [1.29, 1.82) is 0 Å². The Morgan fingerprint density at radius 1 is 1.23 bits per heavy atom. The van der Waals surface area contributed by atoms with Crippen LogP contribution in [-0.4, -0.2) is 27.5 Å². The Morgan fingerprint density at radius 2 is 2.10 bits per heavy atom. The molecule has 1 saturated carbocycles. The fourth-order valence-corrected chi connectivity index (χ4v) is 5.01. The van der Waals surface area contributed by atoms with E-state index in [2.05, 4.69) is 64.5 Å². The molecule has 162 valence electrons. The molecule has 1 aliphatic heterocycles. The molecule has 2 atom stereocenters. The number of nitrogens with one attached hydrogen (secondary N) is 2. The van der Waals surface area contributed by atoms with Gasteiger partial charge in [-0.25, -0.2) is 0 Å². The standard InChI is InChI=1S/C26H32N4O/c1-17(2)13-22-21-10-6-11-24-25(21)18(15-30(24)16-20-7-3-4-12-27-20)14-23(29-22)26(31)28-19-8-5-9-19/h3-4,6-7,10-12,15,17,19,22-23,29H,5,8-9,13-14,16H2,1-2H3,(H,28,31). The zero-order valence-corrected chi connectivity index (χ0v) is 18.5. The normalized spacial score (nSPS) is 21.1. The minimum absolute atomic E-state index is 0.150. The summed E-state index contributed by atoms with van der Waals surface area (Å²) in [5.41, 5.74) is 4.85. The van der Waals surface area contributed by atoms with E-state index in [9.17, 15) is 4.79 Å². The lowest BCUT2D eigenvalue weighted by Crippen LogP contribution is -2.51. The van der Waals surface area contributed by atoms with E-state index in [1.165, 1.54) is 28.5 Å². The van der Waals surface area contributed by atoms with Crippen LogP contribution in [0, 0.1) is 5.92 Å². The maximum absolute atomic E-state index is 13.2. The average Bonchev–Trinajstić information content (AvgIpc) is 2.98. The van der Waals surface area contributed by atoms with E-state index >= 15 is 0 Å². The SMILES string of the molecule is CC(C)CC1NC(C(=O)NC2CCC2)Cc2cn(Cc3ccccn3)c3cccc1c23. The van der Waals surface area contributed by atoms with Gasteiger partial charge < -0.3 is 9.88 Å². The molecule has 0 bridgehead atoms. The lowest BCUT2D eigenvalue weighted by atomic mass is 9.92. The van der Waals surface area contributed by atoms with E-state index in [0.29, 0.717) is 12.0 Å². The second kappa shape index (κ2) is 8.46. The molecule has 1 amide bonds. The number of carbonyl (C=O) groups is 1. The molecule has 2 N–H and O–H groups in total. The predicted octanol–water partition coefficient (Wildman–Crippen LogP) is 4.35. The Morgan fingerprint density at radius 3 is 2.81 bits per heavy atom. The first-order chi connectivity index (χ1) is 15.1. The van der Waals surface area contributed by atoms with Crippen molar-refractivity contribution in [2.75, 3.05) is 0 Å². The molecule has 1 aromatic carbocycles. The molecule has 5 rings (SSSR count). The molecule has 0 spiro atoms. The molecule has 2 aromatic heterocycles. The van der Waals surface area contributed by atoms with Gasteiger partial charge in [-0.1, -0.05) is 32.0 Å².